The number of rotatable bonds is 15. The quantitative estimate of drug-likeness (QED) is 0.128. The van der Waals surface area contributed by atoms with Crippen LogP contribution in [0.1, 0.15) is 35.4 Å². The number of likely N-dealkylation sites (N-methyl/N-ethyl adjacent to an activating group) is 1. The van der Waals surface area contributed by atoms with Crippen molar-refractivity contribution in [1.29, 1.82) is 0 Å². The largest absolute Gasteiger partial charge is 0.494 e. The van der Waals surface area contributed by atoms with E-state index in [1.807, 2.05) is 18.2 Å². The van der Waals surface area contributed by atoms with Crippen LogP contribution >= 0.6 is 37.2 Å². The highest BCUT2D eigenvalue weighted by Crippen LogP contribution is 2.30. The van der Waals surface area contributed by atoms with Crippen molar-refractivity contribution in [3.8, 4) is 11.5 Å². The summed E-state index contributed by atoms with van der Waals surface area (Å²) in [6, 6.07) is 31.9. The van der Waals surface area contributed by atoms with Crippen molar-refractivity contribution in [1.82, 2.24) is 15.1 Å². The van der Waals surface area contributed by atoms with E-state index in [1.165, 1.54) is 27.5 Å². The van der Waals surface area contributed by atoms with Crippen molar-refractivity contribution in [3.05, 3.63) is 108 Å². The van der Waals surface area contributed by atoms with Crippen LogP contribution in [-0.4, -0.2) is 88.6 Å². The number of piperidine rings is 1. The molecule has 268 valence electrons. The predicted molar refractivity (Wildman–Crippen MR) is 207 cm³/mol. The topological polar surface area (TPSA) is 55.4 Å². The highest BCUT2D eigenvalue weighted by atomic mass is 35.5. The standard InChI is InChI=1S/C39H49N3O4.3ClH/c1-41-18-20-42(21-19-41)22-25-45-37-15-10-33-9-8-32(26-35(33)27-37)30-46-39-28-40-17-16-38(39)34-11-13-36(14-12-34)44-24-5-23-43-29-31-6-3-2-4-7-31;;;/h2-4,6-15,26-27,38-40H,5,16-25,28-30H2,1H3;3*1H. The van der Waals surface area contributed by atoms with E-state index in [-0.39, 0.29) is 43.3 Å². The fourth-order valence-electron chi connectivity index (χ4n) is 6.33. The molecule has 2 heterocycles. The first-order valence-corrected chi connectivity index (χ1v) is 16.9. The molecule has 49 heavy (non-hydrogen) atoms. The Morgan fingerprint density at radius 3 is 2.22 bits per heavy atom. The summed E-state index contributed by atoms with van der Waals surface area (Å²) in [7, 11) is 2.19. The van der Waals surface area contributed by atoms with Crippen LogP contribution in [-0.2, 0) is 22.7 Å². The Bertz CT molecular complexity index is 1490. The Balaban J connectivity index is 0.00000217. The second-order valence-corrected chi connectivity index (χ2v) is 12.6. The lowest BCUT2D eigenvalue weighted by atomic mass is 9.87. The molecule has 2 saturated heterocycles. The summed E-state index contributed by atoms with van der Waals surface area (Å²) in [5.74, 6) is 2.18. The minimum Gasteiger partial charge on any atom is -0.494 e. The average Bonchev–Trinajstić information content (AvgIpc) is 3.10. The molecular formula is C39H52Cl3N3O4. The van der Waals surface area contributed by atoms with Gasteiger partial charge >= 0.3 is 0 Å². The van der Waals surface area contributed by atoms with Gasteiger partial charge in [-0.3, -0.25) is 4.90 Å². The van der Waals surface area contributed by atoms with Gasteiger partial charge in [-0.2, -0.15) is 0 Å². The number of hydrogen-bond acceptors (Lipinski definition) is 7. The smallest absolute Gasteiger partial charge is 0.120 e. The summed E-state index contributed by atoms with van der Waals surface area (Å²) >= 11 is 0. The first-order chi connectivity index (χ1) is 22.7. The maximum atomic E-state index is 6.57. The molecule has 4 aromatic rings. The van der Waals surface area contributed by atoms with Crippen molar-refractivity contribution in [3.63, 3.8) is 0 Å². The predicted octanol–water partition coefficient (Wildman–Crippen LogP) is 7.38. The van der Waals surface area contributed by atoms with E-state index in [0.717, 1.165) is 70.2 Å². The maximum Gasteiger partial charge on any atom is 0.120 e. The number of halogens is 3. The summed E-state index contributed by atoms with van der Waals surface area (Å²) < 4.78 is 24.5. The third-order valence-electron chi connectivity index (χ3n) is 9.16. The zero-order valence-corrected chi connectivity index (χ0v) is 30.9. The second-order valence-electron chi connectivity index (χ2n) is 12.6. The molecule has 7 nitrogen and oxygen atoms in total. The highest BCUT2D eigenvalue weighted by molar-refractivity contribution is 5.86. The van der Waals surface area contributed by atoms with Gasteiger partial charge in [0.05, 0.1) is 32.5 Å². The third kappa shape index (κ3) is 12.6. The first-order valence-electron chi connectivity index (χ1n) is 16.9. The van der Waals surface area contributed by atoms with Crippen LogP contribution in [0.5, 0.6) is 11.5 Å². The van der Waals surface area contributed by atoms with Gasteiger partial charge in [-0.15, -0.1) is 37.2 Å². The van der Waals surface area contributed by atoms with Crippen molar-refractivity contribution in [2.75, 3.05) is 72.7 Å². The van der Waals surface area contributed by atoms with Gasteiger partial charge < -0.3 is 29.2 Å². The van der Waals surface area contributed by atoms with Crippen molar-refractivity contribution >= 4 is 48.0 Å². The van der Waals surface area contributed by atoms with Gasteiger partial charge in [-0.25, -0.2) is 0 Å². The number of ether oxygens (including phenoxy) is 4. The number of fused-ring (bicyclic) bond motifs is 1. The van der Waals surface area contributed by atoms with Crippen LogP contribution in [0.4, 0.5) is 0 Å². The molecule has 4 aromatic carbocycles. The molecule has 6 rings (SSSR count). The van der Waals surface area contributed by atoms with Gasteiger partial charge in [0.15, 0.2) is 0 Å². The normalized spacial score (nSPS) is 18.1. The molecular weight excluding hydrogens is 681 g/mol. The molecule has 10 heteroatoms. The number of hydrogen-bond donors (Lipinski definition) is 1. The second kappa shape index (κ2) is 21.6. The Kier molecular flexibility index (Phi) is 18.0. The molecule has 0 aromatic heterocycles. The molecule has 2 aliphatic rings. The molecule has 2 unspecified atom stereocenters. The summed E-state index contributed by atoms with van der Waals surface area (Å²) in [5.41, 5.74) is 3.69. The molecule has 0 spiro atoms. The van der Waals surface area contributed by atoms with Crippen molar-refractivity contribution in [2.45, 2.75) is 38.1 Å². The Morgan fingerprint density at radius 1 is 0.694 bits per heavy atom. The van der Waals surface area contributed by atoms with Crippen LogP contribution in [0, 0.1) is 0 Å². The zero-order chi connectivity index (χ0) is 31.4. The van der Waals surface area contributed by atoms with Crippen LogP contribution in [0.2, 0.25) is 0 Å². The lowest BCUT2D eigenvalue weighted by Gasteiger charge is -2.32. The Morgan fingerprint density at radius 2 is 1.43 bits per heavy atom. The zero-order valence-electron chi connectivity index (χ0n) is 28.5. The lowest BCUT2D eigenvalue weighted by molar-refractivity contribution is 0.0106. The van der Waals surface area contributed by atoms with Gasteiger partial charge in [0.25, 0.3) is 0 Å². The molecule has 0 amide bonds. The summed E-state index contributed by atoms with van der Waals surface area (Å²) in [5, 5.41) is 5.94. The number of nitrogens with one attached hydrogen (secondary N) is 1. The average molecular weight is 733 g/mol. The SMILES string of the molecule is CN1CCN(CCOc2ccc3ccc(COC4CNCCC4c4ccc(OCCCOCc5ccccc5)cc4)cc3c2)CC1.Cl.Cl.Cl. The summed E-state index contributed by atoms with van der Waals surface area (Å²) in [4.78, 5) is 4.87. The maximum absolute atomic E-state index is 6.57. The van der Waals surface area contributed by atoms with Crippen LogP contribution < -0.4 is 14.8 Å². The molecule has 2 aliphatic heterocycles. The lowest BCUT2D eigenvalue weighted by Crippen LogP contribution is -2.45. The third-order valence-corrected chi connectivity index (χ3v) is 9.16. The van der Waals surface area contributed by atoms with E-state index < -0.39 is 0 Å². The summed E-state index contributed by atoms with van der Waals surface area (Å²) in [6.45, 7) is 10.6. The van der Waals surface area contributed by atoms with E-state index in [0.29, 0.717) is 39.0 Å². The molecule has 0 radical (unpaired) electrons. The van der Waals surface area contributed by atoms with Crippen molar-refractivity contribution < 1.29 is 18.9 Å². The van der Waals surface area contributed by atoms with E-state index >= 15 is 0 Å². The molecule has 1 N–H and O–H groups in total. The highest BCUT2D eigenvalue weighted by Gasteiger charge is 2.27. The van der Waals surface area contributed by atoms with Gasteiger partial charge in [0.2, 0.25) is 0 Å². The van der Waals surface area contributed by atoms with Gasteiger partial charge in [-0.1, -0.05) is 60.7 Å². The van der Waals surface area contributed by atoms with Gasteiger partial charge in [0.1, 0.15) is 18.1 Å². The Labute approximate surface area is 310 Å². The van der Waals surface area contributed by atoms with E-state index in [9.17, 15) is 0 Å². The summed E-state index contributed by atoms with van der Waals surface area (Å²) in [6.07, 6.45) is 2.02. The Hall–Kier alpha value is -2.59. The van der Waals surface area contributed by atoms with E-state index in [2.05, 4.69) is 95.0 Å². The molecule has 2 atom stereocenters. The molecule has 0 saturated carbocycles. The minimum absolute atomic E-state index is 0. The monoisotopic (exact) mass is 731 g/mol. The fourth-order valence-corrected chi connectivity index (χ4v) is 6.33. The minimum atomic E-state index is 0. The number of benzene rings is 4. The fraction of sp³-hybridized carbons (Fsp3) is 0.436. The number of piperazine rings is 1. The molecule has 0 aliphatic carbocycles. The van der Waals surface area contributed by atoms with Crippen molar-refractivity contribution in [2.24, 2.45) is 0 Å². The van der Waals surface area contributed by atoms with Gasteiger partial charge in [0, 0.05) is 51.6 Å². The number of nitrogens with zero attached hydrogens (tertiary/aromatic N) is 2. The first kappa shape index (κ1) is 40.8. The van der Waals surface area contributed by atoms with Gasteiger partial charge in [-0.05, 0) is 77.8 Å². The molecule has 0 bridgehead atoms. The van der Waals surface area contributed by atoms with E-state index in [1.54, 1.807) is 0 Å². The van der Waals surface area contributed by atoms with Crippen LogP contribution in [0.3, 0.4) is 0 Å². The van der Waals surface area contributed by atoms with Crippen LogP contribution in [0.15, 0.2) is 91.0 Å². The van der Waals surface area contributed by atoms with Crippen LogP contribution in [0.25, 0.3) is 10.8 Å². The molecule has 2 fully saturated rings. The van der Waals surface area contributed by atoms with E-state index in [4.69, 9.17) is 18.9 Å².